The van der Waals surface area contributed by atoms with Crippen LogP contribution in [-0.2, 0) is 0 Å². The molecule has 0 unspecified atom stereocenters. The Hall–Kier alpha value is 1.32. The number of rotatable bonds is 0. The first-order valence-electron chi connectivity index (χ1n) is 1.38. The second-order valence-corrected chi connectivity index (χ2v) is 9.37. The SMILES string of the molecule is C1=C[Te]C[Te]1. The Bertz CT molecular complexity index is 42.9. The zero-order valence-electron chi connectivity index (χ0n) is 2.68. The van der Waals surface area contributed by atoms with Gasteiger partial charge in [-0.2, -0.15) is 0 Å². The van der Waals surface area contributed by atoms with Gasteiger partial charge in [-0.3, -0.25) is 0 Å². The minimum absolute atomic E-state index is 0.482. The summed E-state index contributed by atoms with van der Waals surface area (Å²) >= 11 is 0.963. The molecule has 28 valence electrons. The van der Waals surface area contributed by atoms with Gasteiger partial charge in [0.2, 0.25) is 0 Å². The number of hydrogen-bond donors (Lipinski definition) is 0. The summed E-state index contributed by atoms with van der Waals surface area (Å²) in [6.45, 7) is 0. The van der Waals surface area contributed by atoms with Crippen LogP contribution in [0.2, 0.25) is 2.52 Å². The molecule has 0 saturated heterocycles. The van der Waals surface area contributed by atoms with E-state index < -0.39 is 0 Å². The van der Waals surface area contributed by atoms with Crippen molar-refractivity contribution in [3.8, 4) is 0 Å². The molecule has 0 spiro atoms. The van der Waals surface area contributed by atoms with Crippen molar-refractivity contribution in [1.29, 1.82) is 0 Å². The van der Waals surface area contributed by atoms with Crippen LogP contribution in [-0.4, -0.2) is 41.8 Å². The number of hydrogen-bond acceptors (Lipinski definition) is 0. The van der Waals surface area contributed by atoms with Crippen molar-refractivity contribution >= 4 is 41.8 Å². The van der Waals surface area contributed by atoms with Gasteiger partial charge in [-0.25, -0.2) is 0 Å². The van der Waals surface area contributed by atoms with Crippen molar-refractivity contribution < 1.29 is 0 Å². The topological polar surface area (TPSA) is 0 Å². The minimum atomic E-state index is 0.482. The van der Waals surface area contributed by atoms with Gasteiger partial charge < -0.3 is 0 Å². The standard InChI is InChI=1S/C3H4Te2/c1-2-5-3-4-1/h1-2H,3H2. The molecule has 0 radical (unpaired) electrons. The molecule has 0 saturated carbocycles. The summed E-state index contributed by atoms with van der Waals surface area (Å²) in [6, 6.07) is 0. The second-order valence-electron chi connectivity index (χ2n) is 0.723. The third-order valence-corrected chi connectivity index (χ3v) is 9.91. The van der Waals surface area contributed by atoms with Crippen molar-refractivity contribution in [2.24, 2.45) is 0 Å². The summed E-state index contributed by atoms with van der Waals surface area (Å²) < 4.78 is 6.50. The van der Waals surface area contributed by atoms with Gasteiger partial charge in [0.15, 0.2) is 0 Å². The van der Waals surface area contributed by atoms with E-state index in [1.165, 1.54) is 0 Å². The van der Waals surface area contributed by atoms with Crippen molar-refractivity contribution in [3.05, 3.63) is 8.25 Å². The predicted molar refractivity (Wildman–Crippen MR) is 25.5 cm³/mol. The van der Waals surface area contributed by atoms with Crippen LogP contribution in [0.15, 0.2) is 8.25 Å². The molecular formula is C3H4Te2. The average molecular weight is 295 g/mol. The first kappa shape index (κ1) is 4.48. The molecule has 0 atom stereocenters. The van der Waals surface area contributed by atoms with Crippen LogP contribution in [0.3, 0.4) is 0 Å². The quantitative estimate of drug-likeness (QED) is 0.562. The molecule has 0 nitrogen and oxygen atoms in total. The fourth-order valence-electron chi connectivity index (χ4n) is 0.196. The van der Waals surface area contributed by atoms with Crippen LogP contribution in [0.1, 0.15) is 0 Å². The molecule has 2 heteroatoms. The van der Waals surface area contributed by atoms with Crippen LogP contribution in [0.4, 0.5) is 0 Å². The van der Waals surface area contributed by atoms with Crippen LogP contribution in [0.5, 0.6) is 0 Å². The molecule has 0 aromatic rings. The fraction of sp³-hybridized carbons (Fsp3) is 0.333. The summed E-state index contributed by atoms with van der Waals surface area (Å²) in [5.74, 6) is 0. The van der Waals surface area contributed by atoms with Gasteiger partial charge in [-0.05, 0) is 0 Å². The Morgan fingerprint density at radius 2 is 1.80 bits per heavy atom. The Balaban J connectivity index is 2.32. The van der Waals surface area contributed by atoms with Crippen LogP contribution < -0.4 is 0 Å². The van der Waals surface area contributed by atoms with E-state index in [0.717, 1.165) is 0 Å². The fourth-order valence-corrected chi connectivity index (χ4v) is 8.84. The van der Waals surface area contributed by atoms with E-state index in [4.69, 9.17) is 0 Å². The van der Waals surface area contributed by atoms with E-state index in [9.17, 15) is 0 Å². The van der Waals surface area contributed by atoms with Gasteiger partial charge in [0, 0.05) is 0 Å². The predicted octanol–water partition coefficient (Wildman–Crippen LogP) is 0.255. The molecule has 0 aliphatic carbocycles. The molecule has 0 bridgehead atoms. The van der Waals surface area contributed by atoms with E-state index in [1.54, 1.807) is 2.52 Å². The van der Waals surface area contributed by atoms with Gasteiger partial charge in [0.05, 0.1) is 0 Å². The van der Waals surface area contributed by atoms with Crippen LogP contribution in [0, 0.1) is 0 Å². The van der Waals surface area contributed by atoms with Crippen molar-refractivity contribution in [2.75, 3.05) is 0 Å². The summed E-state index contributed by atoms with van der Waals surface area (Å²) in [5, 5.41) is 0. The molecule has 1 aliphatic heterocycles. The summed E-state index contributed by atoms with van der Waals surface area (Å²) in [6.07, 6.45) is 0. The molecule has 1 aliphatic rings. The molecule has 0 N–H and O–H groups in total. The first-order valence-corrected chi connectivity index (χ1v) is 7.37. The summed E-state index contributed by atoms with van der Waals surface area (Å²) in [4.78, 5) is 0. The Kier molecular flexibility index (Phi) is 2.23. The average Bonchev–Trinajstić information content (AvgIpc) is 1.76. The first-order chi connectivity index (χ1) is 2.50. The zero-order chi connectivity index (χ0) is 3.54. The Morgan fingerprint density at radius 1 is 1.20 bits per heavy atom. The Labute approximate surface area is 52.2 Å². The van der Waals surface area contributed by atoms with Crippen molar-refractivity contribution in [1.82, 2.24) is 0 Å². The van der Waals surface area contributed by atoms with Gasteiger partial charge in [-0.15, -0.1) is 0 Å². The van der Waals surface area contributed by atoms with E-state index in [0.29, 0.717) is 41.8 Å². The molecule has 0 amide bonds. The monoisotopic (exact) mass is 300 g/mol. The van der Waals surface area contributed by atoms with E-state index in [-0.39, 0.29) is 0 Å². The third kappa shape index (κ3) is 1.47. The van der Waals surface area contributed by atoms with Crippen molar-refractivity contribution in [3.63, 3.8) is 0 Å². The van der Waals surface area contributed by atoms with E-state index >= 15 is 0 Å². The van der Waals surface area contributed by atoms with Crippen LogP contribution >= 0.6 is 0 Å². The van der Waals surface area contributed by atoms with Gasteiger partial charge in [0.25, 0.3) is 0 Å². The summed E-state index contributed by atoms with van der Waals surface area (Å²) in [7, 11) is 0. The third-order valence-electron chi connectivity index (χ3n) is 0.384. The zero-order valence-corrected chi connectivity index (χ0v) is 7.34. The molecule has 5 heavy (non-hydrogen) atoms. The van der Waals surface area contributed by atoms with Gasteiger partial charge in [0.1, 0.15) is 0 Å². The maximum absolute atomic E-state index is 2.42. The molecule has 0 fully saturated rings. The molecular weight excluding hydrogens is 291 g/mol. The van der Waals surface area contributed by atoms with Gasteiger partial charge in [-0.1, -0.05) is 0 Å². The molecule has 0 aromatic heterocycles. The second kappa shape index (κ2) is 2.49. The molecule has 1 heterocycles. The normalized spacial score (nSPS) is 20.8. The van der Waals surface area contributed by atoms with Gasteiger partial charge >= 0.3 is 52.6 Å². The Morgan fingerprint density at radius 3 is 2.00 bits per heavy atom. The van der Waals surface area contributed by atoms with Crippen molar-refractivity contribution in [2.45, 2.75) is 2.52 Å². The van der Waals surface area contributed by atoms with E-state index in [1.807, 2.05) is 0 Å². The summed E-state index contributed by atoms with van der Waals surface area (Å²) in [5.41, 5.74) is 0. The maximum atomic E-state index is 2.42. The molecule has 1 rings (SSSR count). The van der Waals surface area contributed by atoms with Crippen LogP contribution in [0.25, 0.3) is 0 Å². The molecule has 0 aromatic carbocycles. The van der Waals surface area contributed by atoms with E-state index in [2.05, 4.69) is 8.25 Å².